The molecule has 0 aromatic carbocycles. The Bertz CT molecular complexity index is 311. The van der Waals surface area contributed by atoms with Gasteiger partial charge in [-0.3, -0.25) is 4.98 Å². The fraction of sp³-hybridized carbons (Fsp3) is 0.636. The maximum absolute atomic E-state index is 5.51. The molecule has 0 amide bonds. The minimum atomic E-state index is 0.717. The lowest BCUT2D eigenvalue weighted by Gasteiger charge is -2.23. The molecule has 0 fully saturated rings. The summed E-state index contributed by atoms with van der Waals surface area (Å²) in [6.45, 7) is 8.69. The van der Waals surface area contributed by atoms with Crippen molar-refractivity contribution < 1.29 is 0 Å². The fourth-order valence-corrected chi connectivity index (χ4v) is 1.52. The maximum Gasteiger partial charge on any atom is 0.150 e. The molecular formula is C11H20N4. The first-order chi connectivity index (χ1) is 7.19. The van der Waals surface area contributed by atoms with Gasteiger partial charge in [0.25, 0.3) is 0 Å². The Hall–Kier alpha value is -1.16. The van der Waals surface area contributed by atoms with Crippen molar-refractivity contribution in [3.63, 3.8) is 0 Å². The molecule has 84 valence electrons. The quantitative estimate of drug-likeness (QED) is 0.791. The van der Waals surface area contributed by atoms with Gasteiger partial charge in [-0.15, -0.1) is 0 Å². The van der Waals surface area contributed by atoms with Gasteiger partial charge in [-0.05, 0) is 33.7 Å². The van der Waals surface area contributed by atoms with Gasteiger partial charge in [-0.25, -0.2) is 4.98 Å². The first-order valence-electron chi connectivity index (χ1n) is 5.44. The van der Waals surface area contributed by atoms with E-state index in [1.807, 2.05) is 13.8 Å². The van der Waals surface area contributed by atoms with Crippen molar-refractivity contribution in [1.29, 1.82) is 0 Å². The zero-order valence-corrected chi connectivity index (χ0v) is 9.82. The Labute approximate surface area is 91.5 Å². The van der Waals surface area contributed by atoms with Crippen molar-refractivity contribution in [2.45, 2.75) is 27.2 Å². The van der Waals surface area contributed by atoms with Crippen molar-refractivity contribution in [1.82, 2.24) is 9.97 Å². The Balaban J connectivity index is 2.85. The first-order valence-corrected chi connectivity index (χ1v) is 5.44. The van der Waals surface area contributed by atoms with Crippen LogP contribution in [0.2, 0.25) is 0 Å². The maximum atomic E-state index is 5.51. The van der Waals surface area contributed by atoms with Crippen molar-refractivity contribution in [3.8, 4) is 0 Å². The van der Waals surface area contributed by atoms with Crippen LogP contribution in [0.3, 0.4) is 0 Å². The third-order valence-electron chi connectivity index (χ3n) is 2.36. The molecule has 0 aliphatic carbocycles. The largest absolute Gasteiger partial charge is 0.355 e. The van der Waals surface area contributed by atoms with Crippen molar-refractivity contribution >= 4 is 5.82 Å². The molecule has 1 rings (SSSR count). The summed E-state index contributed by atoms with van der Waals surface area (Å²) in [6.07, 6.45) is 2.79. The second-order valence-electron chi connectivity index (χ2n) is 3.64. The van der Waals surface area contributed by atoms with Crippen LogP contribution >= 0.6 is 0 Å². The van der Waals surface area contributed by atoms with Gasteiger partial charge in [0, 0.05) is 19.3 Å². The van der Waals surface area contributed by atoms with Gasteiger partial charge in [0.2, 0.25) is 0 Å². The van der Waals surface area contributed by atoms with Crippen LogP contribution in [0.25, 0.3) is 0 Å². The van der Waals surface area contributed by atoms with Gasteiger partial charge in [-0.2, -0.15) is 0 Å². The number of nitrogens with two attached hydrogens (primary N) is 1. The minimum Gasteiger partial charge on any atom is -0.355 e. The van der Waals surface area contributed by atoms with E-state index in [-0.39, 0.29) is 0 Å². The Morgan fingerprint density at radius 1 is 1.40 bits per heavy atom. The Morgan fingerprint density at radius 2 is 2.13 bits per heavy atom. The molecule has 1 aromatic heterocycles. The molecule has 0 aliphatic heterocycles. The summed E-state index contributed by atoms with van der Waals surface area (Å²) in [5, 5.41) is 0. The van der Waals surface area contributed by atoms with Gasteiger partial charge in [0.15, 0.2) is 0 Å². The summed E-state index contributed by atoms with van der Waals surface area (Å²) >= 11 is 0. The van der Waals surface area contributed by atoms with Gasteiger partial charge in [0.1, 0.15) is 5.82 Å². The molecule has 0 bridgehead atoms. The van der Waals surface area contributed by atoms with Crippen LogP contribution < -0.4 is 10.6 Å². The van der Waals surface area contributed by atoms with Crippen LogP contribution in [-0.4, -0.2) is 29.6 Å². The van der Waals surface area contributed by atoms with Crippen LogP contribution in [-0.2, 0) is 0 Å². The van der Waals surface area contributed by atoms with Crippen LogP contribution in [0.1, 0.15) is 24.7 Å². The normalized spacial score (nSPS) is 10.4. The molecule has 4 nitrogen and oxygen atoms in total. The standard InChI is InChI=1S/C11H20N4/c1-4-15(7-5-6-12)11-10(3)13-8-9(2)14-11/h8H,4-7,12H2,1-3H3. The third kappa shape index (κ3) is 3.16. The highest BCUT2D eigenvalue weighted by molar-refractivity contribution is 5.42. The first kappa shape index (κ1) is 11.9. The fourth-order valence-electron chi connectivity index (χ4n) is 1.52. The number of hydrogen-bond donors (Lipinski definition) is 1. The average Bonchev–Trinajstić information content (AvgIpc) is 2.24. The molecule has 0 atom stereocenters. The van der Waals surface area contributed by atoms with Crippen LogP contribution in [0.5, 0.6) is 0 Å². The van der Waals surface area contributed by atoms with Crippen LogP contribution in [0, 0.1) is 13.8 Å². The molecule has 0 saturated heterocycles. The van der Waals surface area contributed by atoms with E-state index in [9.17, 15) is 0 Å². The minimum absolute atomic E-state index is 0.717. The van der Waals surface area contributed by atoms with E-state index in [1.165, 1.54) is 0 Å². The summed E-state index contributed by atoms with van der Waals surface area (Å²) in [7, 11) is 0. The Morgan fingerprint density at radius 3 is 2.73 bits per heavy atom. The van der Waals surface area contributed by atoms with Crippen molar-refractivity contribution in [2.75, 3.05) is 24.5 Å². The van der Waals surface area contributed by atoms with Gasteiger partial charge in [-0.1, -0.05) is 0 Å². The van der Waals surface area contributed by atoms with Crippen molar-refractivity contribution in [2.24, 2.45) is 5.73 Å². The summed E-state index contributed by atoms with van der Waals surface area (Å²) < 4.78 is 0. The van der Waals surface area contributed by atoms with Crippen LogP contribution in [0.15, 0.2) is 6.20 Å². The smallest absolute Gasteiger partial charge is 0.150 e. The predicted octanol–water partition coefficient (Wildman–Crippen LogP) is 1.27. The number of aryl methyl sites for hydroxylation is 2. The van der Waals surface area contributed by atoms with Gasteiger partial charge < -0.3 is 10.6 Å². The average molecular weight is 208 g/mol. The number of anilines is 1. The third-order valence-corrected chi connectivity index (χ3v) is 2.36. The van der Waals surface area contributed by atoms with E-state index in [1.54, 1.807) is 6.20 Å². The molecule has 0 aliphatic rings. The zero-order chi connectivity index (χ0) is 11.3. The Kier molecular flexibility index (Phi) is 4.49. The van der Waals surface area contributed by atoms with Crippen LogP contribution in [0.4, 0.5) is 5.82 Å². The number of aromatic nitrogens is 2. The topological polar surface area (TPSA) is 55.0 Å². The molecule has 1 aromatic rings. The molecule has 0 radical (unpaired) electrons. The zero-order valence-electron chi connectivity index (χ0n) is 9.82. The highest BCUT2D eigenvalue weighted by atomic mass is 15.2. The highest BCUT2D eigenvalue weighted by Gasteiger charge is 2.09. The molecule has 0 saturated carbocycles. The summed E-state index contributed by atoms with van der Waals surface area (Å²) in [4.78, 5) is 11.1. The second kappa shape index (κ2) is 5.66. The van der Waals surface area contributed by atoms with E-state index in [4.69, 9.17) is 5.73 Å². The predicted molar refractivity (Wildman–Crippen MR) is 63.1 cm³/mol. The van der Waals surface area contributed by atoms with E-state index in [0.29, 0.717) is 0 Å². The number of rotatable bonds is 5. The van der Waals surface area contributed by atoms with Gasteiger partial charge >= 0.3 is 0 Å². The van der Waals surface area contributed by atoms with E-state index in [0.717, 1.165) is 43.3 Å². The lowest BCUT2D eigenvalue weighted by atomic mass is 10.3. The summed E-state index contributed by atoms with van der Waals surface area (Å²) in [6, 6.07) is 0. The monoisotopic (exact) mass is 208 g/mol. The van der Waals surface area contributed by atoms with E-state index >= 15 is 0 Å². The summed E-state index contributed by atoms with van der Waals surface area (Å²) in [5.41, 5.74) is 7.46. The van der Waals surface area contributed by atoms with Crippen molar-refractivity contribution in [3.05, 3.63) is 17.6 Å². The molecule has 0 spiro atoms. The van der Waals surface area contributed by atoms with E-state index in [2.05, 4.69) is 21.8 Å². The summed E-state index contributed by atoms with van der Waals surface area (Å²) in [5.74, 6) is 0.992. The lowest BCUT2D eigenvalue weighted by molar-refractivity contribution is 0.737. The molecule has 2 N–H and O–H groups in total. The molecule has 15 heavy (non-hydrogen) atoms. The van der Waals surface area contributed by atoms with E-state index < -0.39 is 0 Å². The second-order valence-corrected chi connectivity index (χ2v) is 3.64. The molecule has 0 unspecified atom stereocenters. The molecular weight excluding hydrogens is 188 g/mol. The number of nitrogens with zero attached hydrogens (tertiary/aromatic N) is 3. The highest BCUT2D eigenvalue weighted by Crippen LogP contribution is 2.14. The molecule has 1 heterocycles. The van der Waals surface area contributed by atoms with Gasteiger partial charge in [0.05, 0.1) is 11.4 Å². The lowest BCUT2D eigenvalue weighted by Crippen LogP contribution is -2.27. The number of hydrogen-bond acceptors (Lipinski definition) is 4. The SMILES string of the molecule is CCN(CCCN)c1nc(C)cnc1C. The molecule has 4 heteroatoms.